The van der Waals surface area contributed by atoms with Gasteiger partial charge in [-0.15, -0.1) is 11.3 Å². The molecule has 3 aromatic rings. The highest BCUT2D eigenvalue weighted by atomic mass is 35.5. The van der Waals surface area contributed by atoms with E-state index in [4.69, 9.17) is 16.6 Å². The van der Waals surface area contributed by atoms with Gasteiger partial charge in [0.2, 0.25) is 5.91 Å². The number of amides is 1. The lowest BCUT2D eigenvalue weighted by Crippen LogP contribution is -2.45. The average molecular weight is 489 g/mol. The molecule has 2 aromatic heterocycles. The van der Waals surface area contributed by atoms with E-state index in [0.29, 0.717) is 34.5 Å². The molecule has 1 fully saturated rings. The highest BCUT2D eigenvalue weighted by Crippen LogP contribution is 2.38. The first kappa shape index (κ1) is 23.5. The molecule has 0 bridgehead atoms. The number of pyridine rings is 1. The van der Waals surface area contributed by atoms with Gasteiger partial charge in [-0.3, -0.25) is 4.79 Å². The normalized spacial score (nSPS) is 15.9. The number of rotatable bonds is 7. The number of anilines is 1. The fourth-order valence-electron chi connectivity index (χ4n) is 3.96. The number of nitrogens with one attached hydrogen (secondary N) is 1. The quantitative estimate of drug-likeness (QED) is 0.508. The Morgan fingerprint density at radius 1 is 1.30 bits per heavy atom. The van der Waals surface area contributed by atoms with Crippen molar-refractivity contribution >= 4 is 34.7 Å². The maximum Gasteiger partial charge on any atom is 0.242 e. The summed E-state index contributed by atoms with van der Waals surface area (Å²) in [7, 11) is 3.92. The molecule has 1 atom stereocenters. The third-order valence-corrected chi connectivity index (χ3v) is 6.89. The molecule has 4 rings (SSSR count). The van der Waals surface area contributed by atoms with Crippen molar-refractivity contribution in [2.45, 2.75) is 18.9 Å². The third kappa shape index (κ3) is 5.46. The Hall–Kier alpha value is -2.68. The molecule has 1 aliphatic heterocycles. The lowest BCUT2D eigenvalue weighted by Gasteiger charge is -2.26. The largest absolute Gasteiger partial charge is 0.507 e. The summed E-state index contributed by atoms with van der Waals surface area (Å²) in [6.45, 7) is 2.01. The van der Waals surface area contributed by atoms with Crippen LogP contribution in [-0.2, 0) is 4.79 Å². The van der Waals surface area contributed by atoms with Gasteiger partial charge in [-0.05, 0) is 75.0 Å². The minimum absolute atomic E-state index is 0.0316. The molecule has 0 unspecified atom stereocenters. The SMILES string of the molecule is CN(C)CCNC(=O)[C@@H]1CCCN1c1cc(-c2ccc(Cl)s2)cc(-c2cc(F)ccc2O)n1. The molecule has 0 spiro atoms. The number of hydrogen-bond donors (Lipinski definition) is 2. The van der Waals surface area contributed by atoms with E-state index in [-0.39, 0.29) is 17.7 Å². The standard InChI is InChI=1S/C24H26ClFN4O2S/c1-29(2)11-9-27-24(32)19-4-3-10-30(19)23-13-15(21-7-8-22(25)33-21)12-18(28-23)17-14-16(26)5-6-20(17)31/h5-8,12-14,19,31H,3-4,9-11H2,1-2H3,(H,27,32)/t19-/m0/s1. The number of carbonyl (C=O) groups excluding carboxylic acids is 1. The van der Waals surface area contributed by atoms with Gasteiger partial charge in [-0.2, -0.15) is 0 Å². The molecule has 1 amide bonds. The van der Waals surface area contributed by atoms with Gasteiger partial charge in [0.15, 0.2) is 0 Å². The second kappa shape index (κ2) is 10.1. The number of likely N-dealkylation sites (N-methyl/N-ethyl adjacent to an activating group) is 1. The number of aromatic hydroxyl groups is 1. The number of phenols is 1. The second-order valence-corrected chi connectivity index (χ2v) is 10.0. The van der Waals surface area contributed by atoms with Crippen LogP contribution in [0.25, 0.3) is 21.7 Å². The molecule has 3 heterocycles. The number of halogens is 2. The van der Waals surface area contributed by atoms with Gasteiger partial charge in [0.25, 0.3) is 0 Å². The minimum atomic E-state index is -0.463. The van der Waals surface area contributed by atoms with Gasteiger partial charge in [-0.1, -0.05) is 11.6 Å². The Morgan fingerprint density at radius 2 is 2.12 bits per heavy atom. The van der Waals surface area contributed by atoms with Crippen LogP contribution < -0.4 is 10.2 Å². The minimum Gasteiger partial charge on any atom is -0.507 e. The van der Waals surface area contributed by atoms with Gasteiger partial charge in [0.05, 0.1) is 10.0 Å². The van der Waals surface area contributed by atoms with Crippen molar-refractivity contribution in [1.82, 2.24) is 15.2 Å². The van der Waals surface area contributed by atoms with Crippen LogP contribution in [0.3, 0.4) is 0 Å². The van der Waals surface area contributed by atoms with Crippen LogP contribution in [0, 0.1) is 5.82 Å². The van der Waals surface area contributed by atoms with E-state index >= 15 is 0 Å². The molecule has 174 valence electrons. The Morgan fingerprint density at radius 3 is 2.85 bits per heavy atom. The molecule has 1 aliphatic rings. The van der Waals surface area contributed by atoms with Crippen LogP contribution in [0.5, 0.6) is 5.75 Å². The van der Waals surface area contributed by atoms with Crippen molar-refractivity contribution < 1.29 is 14.3 Å². The average Bonchev–Trinajstić information content (AvgIpc) is 3.44. The lowest BCUT2D eigenvalue weighted by molar-refractivity contribution is -0.122. The van der Waals surface area contributed by atoms with Crippen LogP contribution >= 0.6 is 22.9 Å². The van der Waals surface area contributed by atoms with Gasteiger partial charge in [-0.25, -0.2) is 9.37 Å². The van der Waals surface area contributed by atoms with E-state index in [9.17, 15) is 14.3 Å². The number of nitrogens with zero attached hydrogens (tertiary/aromatic N) is 3. The Balaban J connectivity index is 1.72. The molecule has 9 heteroatoms. The first-order valence-electron chi connectivity index (χ1n) is 10.8. The summed E-state index contributed by atoms with van der Waals surface area (Å²) in [5, 5.41) is 13.4. The van der Waals surface area contributed by atoms with Gasteiger partial charge in [0.1, 0.15) is 23.4 Å². The molecule has 33 heavy (non-hydrogen) atoms. The first-order chi connectivity index (χ1) is 15.8. The molecule has 6 nitrogen and oxygen atoms in total. The van der Waals surface area contributed by atoms with E-state index < -0.39 is 5.82 Å². The zero-order chi connectivity index (χ0) is 23.5. The van der Waals surface area contributed by atoms with Crippen molar-refractivity contribution in [3.8, 4) is 27.4 Å². The summed E-state index contributed by atoms with van der Waals surface area (Å²) in [5.74, 6) is 0.0578. The third-order valence-electron chi connectivity index (χ3n) is 5.61. The first-order valence-corrected chi connectivity index (χ1v) is 12.0. The molecule has 0 radical (unpaired) electrons. The number of hydrogen-bond acceptors (Lipinski definition) is 6. The van der Waals surface area contributed by atoms with Crippen LogP contribution in [0.15, 0.2) is 42.5 Å². The predicted octanol–water partition coefficient (Wildman–Crippen LogP) is 4.62. The van der Waals surface area contributed by atoms with E-state index in [2.05, 4.69) is 5.32 Å². The Kier molecular flexibility index (Phi) is 7.17. The fourth-order valence-corrected chi connectivity index (χ4v) is 4.99. The molecule has 1 saturated heterocycles. The highest BCUT2D eigenvalue weighted by Gasteiger charge is 2.32. The lowest BCUT2D eigenvalue weighted by atomic mass is 10.1. The highest BCUT2D eigenvalue weighted by molar-refractivity contribution is 7.19. The summed E-state index contributed by atoms with van der Waals surface area (Å²) in [6.07, 6.45) is 1.59. The second-order valence-electron chi connectivity index (χ2n) is 8.31. The summed E-state index contributed by atoms with van der Waals surface area (Å²) in [5.41, 5.74) is 1.57. The summed E-state index contributed by atoms with van der Waals surface area (Å²) in [4.78, 5) is 22.6. The van der Waals surface area contributed by atoms with Crippen LogP contribution in [0.4, 0.5) is 10.2 Å². The van der Waals surface area contributed by atoms with Crippen molar-refractivity contribution in [2.24, 2.45) is 0 Å². The molecular formula is C24H26ClFN4O2S. The number of carbonyl (C=O) groups is 1. The van der Waals surface area contributed by atoms with Crippen molar-refractivity contribution in [3.05, 3.63) is 52.6 Å². The monoisotopic (exact) mass is 488 g/mol. The van der Waals surface area contributed by atoms with Gasteiger partial charge in [0, 0.05) is 30.1 Å². The topological polar surface area (TPSA) is 68.7 Å². The van der Waals surface area contributed by atoms with E-state index in [1.807, 2.05) is 48.2 Å². The maximum atomic E-state index is 14.0. The number of phenolic OH excluding ortho intramolecular Hbond substituents is 1. The maximum absolute atomic E-state index is 14.0. The van der Waals surface area contributed by atoms with Crippen LogP contribution in [0.2, 0.25) is 4.34 Å². The summed E-state index contributed by atoms with van der Waals surface area (Å²) in [6, 6.07) is 10.9. The predicted molar refractivity (Wildman–Crippen MR) is 132 cm³/mol. The summed E-state index contributed by atoms with van der Waals surface area (Å²) < 4.78 is 14.6. The zero-order valence-electron chi connectivity index (χ0n) is 18.5. The molecule has 2 N–H and O–H groups in total. The van der Waals surface area contributed by atoms with Crippen molar-refractivity contribution in [3.63, 3.8) is 0 Å². The molecule has 0 saturated carbocycles. The fraction of sp³-hybridized carbons (Fsp3) is 0.333. The van der Waals surface area contributed by atoms with Crippen molar-refractivity contribution in [1.29, 1.82) is 0 Å². The van der Waals surface area contributed by atoms with Gasteiger partial charge >= 0.3 is 0 Å². The number of benzene rings is 1. The summed E-state index contributed by atoms with van der Waals surface area (Å²) >= 11 is 7.58. The number of aromatic nitrogens is 1. The number of thiophene rings is 1. The van der Waals surface area contributed by atoms with E-state index in [0.717, 1.165) is 29.8 Å². The van der Waals surface area contributed by atoms with Crippen LogP contribution in [-0.4, -0.2) is 60.7 Å². The van der Waals surface area contributed by atoms with Gasteiger partial charge < -0.3 is 20.2 Å². The smallest absolute Gasteiger partial charge is 0.242 e. The Bertz CT molecular complexity index is 1150. The van der Waals surface area contributed by atoms with Crippen LogP contribution in [0.1, 0.15) is 12.8 Å². The molecule has 0 aliphatic carbocycles. The molecule has 1 aromatic carbocycles. The van der Waals surface area contributed by atoms with E-state index in [1.54, 1.807) is 0 Å². The van der Waals surface area contributed by atoms with Crippen molar-refractivity contribution in [2.75, 3.05) is 38.6 Å². The zero-order valence-corrected chi connectivity index (χ0v) is 20.1. The van der Waals surface area contributed by atoms with E-state index in [1.165, 1.54) is 29.5 Å². The molecular weight excluding hydrogens is 463 g/mol. The Labute approximate surface area is 201 Å².